The first-order valence-corrected chi connectivity index (χ1v) is 7.49. The van der Waals surface area contributed by atoms with Crippen LogP contribution in [0, 0.1) is 11.8 Å². The number of hydrogen-bond acceptors (Lipinski definition) is 3. The van der Waals surface area contributed by atoms with Gasteiger partial charge in [0.1, 0.15) is 9.75 Å². The zero-order valence-corrected chi connectivity index (χ0v) is 11.3. The van der Waals surface area contributed by atoms with Crippen molar-refractivity contribution >= 4 is 23.3 Å². The average molecular weight is 280 g/mol. The molecule has 2 aliphatic rings. The second kappa shape index (κ2) is 4.63. The van der Waals surface area contributed by atoms with Crippen molar-refractivity contribution in [2.24, 2.45) is 11.8 Å². The molecular weight excluding hydrogens is 264 g/mol. The summed E-state index contributed by atoms with van der Waals surface area (Å²) in [7, 11) is 0. The van der Waals surface area contributed by atoms with Gasteiger partial charge in [-0.05, 0) is 61.5 Å². The molecule has 4 nitrogen and oxygen atoms in total. The van der Waals surface area contributed by atoms with Gasteiger partial charge in [0.25, 0.3) is 0 Å². The van der Waals surface area contributed by atoms with Gasteiger partial charge >= 0.3 is 11.9 Å². The fourth-order valence-electron chi connectivity index (χ4n) is 2.50. The van der Waals surface area contributed by atoms with Gasteiger partial charge in [-0.15, -0.1) is 11.3 Å². The van der Waals surface area contributed by atoms with Gasteiger partial charge < -0.3 is 10.2 Å². The Hall–Kier alpha value is -1.36. The maximum absolute atomic E-state index is 11.3. The molecule has 0 spiro atoms. The molecule has 1 heterocycles. The second-order valence-electron chi connectivity index (χ2n) is 5.62. The molecule has 2 saturated carbocycles. The summed E-state index contributed by atoms with van der Waals surface area (Å²) in [6.07, 6.45) is 6.04. The van der Waals surface area contributed by atoms with Crippen LogP contribution in [0.3, 0.4) is 0 Å². The molecule has 0 saturated heterocycles. The summed E-state index contributed by atoms with van der Waals surface area (Å²) in [6, 6.07) is 0. The number of thiophene rings is 1. The average Bonchev–Trinajstić information content (AvgIpc) is 3.19. The lowest BCUT2D eigenvalue weighted by molar-refractivity contribution is 0.0691. The van der Waals surface area contributed by atoms with E-state index >= 15 is 0 Å². The largest absolute Gasteiger partial charge is 0.477 e. The summed E-state index contributed by atoms with van der Waals surface area (Å²) in [5, 5.41) is 18.6. The van der Waals surface area contributed by atoms with Crippen LogP contribution < -0.4 is 0 Å². The highest BCUT2D eigenvalue weighted by molar-refractivity contribution is 7.16. The van der Waals surface area contributed by atoms with Crippen LogP contribution >= 0.6 is 11.3 Å². The Labute approximate surface area is 115 Å². The van der Waals surface area contributed by atoms with Crippen LogP contribution in [0.5, 0.6) is 0 Å². The van der Waals surface area contributed by atoms with Gasteiger partial charge in [-0.1, -0.05) is 0 Å². The van der Waals surface area contributed by atoms with Crippen molar-refractivity contribution in [3.63, 3.8) is 0 Å². The Balaban J connectivity index is 2.02. The highest BCUT2D eigenvalue weighted by Gasteiger charge is 2.33. The highest BCUT2D eigenvalue weighted by Crippen LogP contribution is 2.42. The zero-order chi connectivity index (χ0) is 13.6. The fourth-order valence-corrected chi connectivity index (χ4v) is 3.54. The molecule has 19 heavy (non-hydrogen) atoms. The van der Waals surface area contributed by atoms with Crippen LogP contribution in [-0.4, -0.2) is 22.2 Å². The Kier molecular flexibility index (Phi) is 3.09. The summed E-state index contributed by atoms with van der Waals surface area (Å²) < 4.78 is 0. The van der Waals surface area contributed by atoms with E-state index in [0.29, 0.717) is 11.8 Å². The van der Waals surface area contributed by atoms with E-state index in [4.69, 9.17) is 0 Å². The summed E-state index contributed by atoms with van der Waals surface area (Å²) in [5.41, 5.74) is 1.62. The number of carboxylic acids is 2. The SMILES string of the molecule is O=C(O)c1sc(C(=O)O)c(CC2CC2)c1CC1CC1. The van der Waals surface area contributed by atoms with Crippen molar-refractivity contribution in [2.75, 3.05) is 0 Å². The monoisotopic (exact) mass is 280 g/mol. The van der Waals surface area contributed by atoms with Crippen molar-refractivity contribution in [3.8, 4) is 0 Å². The minimum atomic E-state index is -0.981. The fraction of sp³-hybridized carbons (Fsp3) is 0.571. The molecular formula is C14H16O4S. The smallest absolute Gasteiger partial charge is 0.346 e. The summed E-state index contributed by atoms with van der Waals surface area (Å²) >= 11 is 0.943. The Morgan fingerprint density at radius 1 is 0.895 bits per heavy atom. The lowest BCUT2D eigenvalue weighted by atomic mass is 9.98. The minimum absolute atomic E-state index is 0.250. The van der Waals surface area contributed by atoms with Crippen LogP contribution in [0.25, 0.3) is 0 Å². The number of carboxylic acid groups (broad SMARTS) is 2. The molecule has 1 aromatic rings. The van der Waals surface area contributed by atoms with Gasteiger partial charge in [0.2, 0.25) is 0 Å². The van der Waals surface area contributed by atoms with Crippen LogP contribution in [-0.2, 0) is 12.8 Å². The van der Waals surface area contributed by atoms with E-state index in [-0.39, 0.29) is 9.75 Å². The third-order valence-corrected chi connectivity index (χ3v) is 5.13. The summed E-state index contributed by atoms with van der Waals surface area (Å²) in [4.78, 5) is 23.2. The molecule has 2 N–H and O–H groups in total. The Bertz CT molecular complexity index is 491. The molecule has 0 bridgehead atoms. The lowest BCUT2D eigenvalue weighted by Crippen LogP contribution is -2.04. The molecule has 1 aromatic heterocycles. The number of hydrogen-bond donors (Lipinski definition) is 2. The molecule has 2 aliphatic carbocycles. The molecule has 0 unspecified atom stereocenters. The predicted molar refractivity (Wildman–Crippen MR) is 71.1 cm³/mol. The van der Waals surface area contributed by atoms with Gasteiger partial charge in [-0.2, -0.15) is 0 Å². The van der Waals surface area contributed by atoms with E-state index in [0.717, 1.165) is 61.0 Å². The molecule has 0 atom stereocenters. The van der Waals surface area contributed by atoms with E-state index in [1.54, 1.807) is 0 Å². The van der Waals surface area contributed by atoms with E-state index < -0.39 is 11.9 Å². The quantitative estimate of drug-likeness (QED) is 0.839. The van der Waals surface area contributed by atoms with E-state index in [2.05, 4.69) is 0 Å². The number of aromatic carboxylic acids is 2. The predicted octanol–water partition coefficient (Wildman–Crippen LogP) is 3.05. The lowest BCUT2D eigenvalue weighted by Gasteiger charge is -2.05. The first-order valence-electron chi connectivity index (χ1n) is 6.67. The summed E-state index contributed by atoms with van der Waals surface area (Å²) in [5.74, 6) is -0.838. The molecule has 3 rings (SSSR count). The van der Waals surface area contributed by atoms with E-state index in [1.165, 1.54) is 0 Å². The molecule has 0 aliphatic heterocycles. The first-order chi connectivity index (χ1) is 9.06. The molecule has 5 heteroatoms. The Morgan fingerprint density at radius 2 is 1.26 bits per heavy atom. The van der Waals surface area contributed by atoms with Gasteiger partial charge in [-0.3, -0.25) is 0 Å². The molecule has 0 radical (unpaired) electrons. The minimum Gasteiger partial charge on any atom is -0.477 e. The maximum atomic E-state index is 11.3. The third-order valence-electron chi connectivity index (χ3n) is 3.88. The van der Waals surface area contributed by atoms with Crippen LogP contribution in [0.4, 0.5) is 0 Å². The van der Waals surface area contributed by atoms with E-state index in [1.807, 2.05) is 0 Å². The Morgan fingerprint density at radius 3 is 1.53 bits per heavy atom. The van der Waals surface area contributed by atoms with E-state index in [9.17, 15) is 19.8 Å². The third kappa shape index (κ3) is 2.66. The molecule has 0 aromatic carbocycles. The van der Waals surface area contributed by atoms with Crippen molar-refractivity contribution in [1.82, 2.24) is 0 Å². The molecule has 102 valence electrons. The van der Waals surface area contributed by atoms with Crippen LogP contribution in [0.1, 0.15) is 56.2 Å². The van der Waals surface area contributed by atoms with Gasteiger partial charge in [0, 0.05) is 0 Å². The van der Waals surface area contributed by atoms with Crippen LogP contribution in [0.15, 0.2) is 0 Å². The standard InChI is InChI=1S/C14H16O4S/c15-13(16)11-9(5-7-1-2-7)10(6-8-3-4-8)12(19-11)14(17)18/h7-8H,1-6H2,(H,15,16)(H,17,18). The topological polar surface area (TPSA) is 74.6 Å². The van der Waals surface area contributed by atoms with Crippen molar-refractivity contribution in [3.05, 3.63) is 20.9 Å². The van der Waals surface area contributed by atoms with Gasteiger partial charge in [-0.25, -0.2) is 9.59 Å². The number of rotatable bonds is 6. The normalized spacial score (nSPS) is 18.5. The highest BCUT2D eigenvalue weighted by atomic mass is 32.1. The van der Waals surface area contributed by atoms with Crippen molar-refractivity contribution in [2.45, 2.75) is 38.5 Å². The maximum Gasteiger partial charge on any atom is 0.346 e. The molecule has 2 fully saturated rings. The van der Waals surface area contributed by atoms with Crippen molar-refractivity contribution in [1.29, 1.82) is 0 Å². The second-order valence-corrected chi connectivity index (χ2v) is 6.64. The zero-order valence-electron chi connectivity index (χ0n) is 10.5. The number of carbonyl (C=O) groups is 2. The van der Waals surface area contributed by atoms with Gasteiger partial charge in [0.05, 0.1) is 0 Å². The van der Waals surface area contributed by atoms with Gasteiger partial charge in [0.15, 0.2) is 0 Å². The van der Waals surface area contributed by atoms with Crippen LogP contribution in [0.2, 0.25) is 0 Å². The summed E-state index contributed by atoms with van der Waals surface area (Å²) in [6.45, 7) is 0. The van der Waals surface area contributed by atoms with Crippen molar-refractivity contribution < 1.29 is 19.8 Å². The molecule has 0 amide bonds. The first kappa shape index (κ1) is 12.7.